The molecule has 1 aliphatic rings. The van der Waals surface area contributed by atoms with Gasteiger partial charge >= 0.3 is 0 Å². The zero-order valence-corrected chi connectivity index (χ0v) is 17.8. The number of nitrogens with zero attached hydrogens (tertiary/aromatic N) is 4. The van der Waals surface area contributed by atoms with Crippen molar-refractivity contribution in [1.82, 2.24) is 19.8 Å². The Morgan fingerprint density at radius 2 is 1.47 bits per heavy atom. The first-order valence-corrected chi connectivity index (χ1v) is 10.4. The van der Waals surface area contributed by atoms with Gasteiger partial charge in [-0.1, -0.05) is 23.7 Å². The predicted molar refractivity (Wildman–Crippen MR) is 117 cm³/mol. The molecule has 1 aromatic heterocycles. The molecule has 0 N–H and O–H groups in total. The summed E-state index contributed by atoms with van der Waals surface area (Å²) in [5.74, 6) is -0.148. The SMILES string of the molecule is Cc1nc2ccc(C(=O)N3CCCN(C(=O)c4ccccc4Cl)CC3)cc2nc1C. The second-order valence-electron chi connectivity index (χ2n) is 7.52. The molecule has 0 unspecified atom stereocenters. The van der Waals surface area contributed by atoms with Crippen LogP contribution < -0.4 is 0 Å². The molecule has 0 radical (unpaired) electrons. The summed E-state index contributed by atoms with van der Waals surface area (Å²) >= 11 is 6.18. The largest absolute Gasteiger partial charge is 0.337 e. The van der Waals surface area contributed by atoms with Gasteiger partial charge in [0.15, 0.2) is 0 Å². The zero-order chi connectivity index (χ0) is 21.3. The molecule has 1 saturated heterocycles. The highest BCUT2D eigenvalue weighted by molar-refractivity contribution is 6.33. The molecule has 1 aliphatic heterocycles. The quantitative estimate of drug-likeness (QED) is 0.628. The first-order chi connectivity index (χ1) is 14.4. The van der Waals surface area contributed by atoms with E-state index in [9.17, 15) is 9.59 Å². The highest BCUT2D eigenvalue weighted by Crippen LogP contribution is 2.20. The van der Waals surface area contributed by atoms with Crippen LogP contribution in [-0.4, -0.2) is 57.8 Å². The van der Waals surface area contributed by atoms with Crippen LogP contribution in [0.25, 0.3) is 11.0 Å². The maximum atomic E-state index is 13.1. The Bertz CT molecular complexity index is 1130. The molecule has 4 rings (SSSR count). The van der Waals surface area contributed by atoms with E-state index in [0.717, 1.165) is 16.9 Å². The van der Waals surface area contributed by atoms with E-state index in [2.05, 4.69) is 9.97 Å². The molecule has 0 saturated carbocycles. The molecule has 0 bridgehead atoms. The number of halogens is 1. The number of carbonyl (C=O) groups excluding carboxylic acids is 2. The first-order valence-electron chi connectivity index (χ1n) is 10.0. The molecule has 6 nitrogen and oxygen atoms in total. The molecule has 3 aromatic rings. The van der Waals surface area contributed by atoms with Crippen LogP contribution >= 0.6 is 11.6 Å². The summed E-state index contributed by atoms with van der Waals surface area (Å²) in [6.07, 6.45) is 0.716. The minimum atomic E-state index is -0.0956. The predicted octanol–water partition coefficient (Wildman–Crippen LogP) is 3.89. The summed E-state index contributed by atoms with van der Waals surface area (Å²) in [5.41, 5.74) is 4.33. The monoisotopic (exact) mass is 422 g/mol. The minimum Gasteiger partial charge on any atom is -0.337 e. The second kappa shape index (κ2) is 8.40. The van der Waals surface area contributed by atoms with Gasteiger partial charge in [-0.2, -0.15) is 0 Å². The van der Waals surface area contributed by atoms with Crippen LogP contribution in [0.1, 0.15) is 38.5 Å². The van der Waals surface area contributed by atoms with E-state index in [-0.39, 0.29) is 11.8 Å². The average Bonchev–Trinajstić information content (AvgIpc) is 3.00. The van der Waals surface area contributed by atoms with E-state index >= 15 is 0 Å². The van der Waals surface area contributed by atoms with Crippen LogP contribution in [-0.2, 0) is 0 Å². The van der Waals surface area contributed by atoms with Gasteiger partial charge in [-0.25, -0.2) is 9.97 Å². The van der Waals surface area contributed by atoms with E-state index in [4.69, 9.17) is 11.6 Å². The number of hydrogen-bond acceptors (Lipinski definition) is 4. The van der Waals surface area contributed by atoms with E-state index < -0.39 is 0 Å². The summed E-state index contributed by atoms with van der Waals surface area (Å²) in [4.78, 5) is 38.6. The Labute approximate surface area is 180 Å². The third-order valence-corrected chi connectivity index (χ3v) is 5.83. The van der Waals surface area contributed by atoms with Crippen molar-refractivity contribution in [2.45, 2.75) is 20.3 Å². The maximum absolute atomic E-state index is 13.1. The summed E-state index contributed by atoms with van der Waals surface area (Å²) in [5, 5.41) is 0.447. The number of fused-ring (bicyclic) bond motifs is 1. The number of carbonyl (C=O) groups is 2. The zero-order valence-electron chi connectivity index (χ0n) is 17.1. The fourth-order valence-electron chi connectivity index (χ4n) is 3.67. The van der Waals surface area contributed by atoms with Gasteiger partial charge in [0.05, 0.1) is 33.0 Å². The lowest BCUT2D eigenvalue weighted by molar-refractivity contribution is 0.0719. The van der Waals surface area contributed by atoms with Gasteiger partial charge < -0.3 is 9.80 Å². The van der Waals surface area contributed by atoms with Crippen molar-refractivity contribution in [3.63, 3.8) is 0 Å². The highest BCUT2D eigenvalue weighted by Gasteiger charge is 2.24. The summed E-state index contributed by atoms with van der Waals surface area (Å²) in [7, 11) is 0. The smallest absolute Gasteiger partial charge is 0.255 e. The molecule has 2 amide bonds. The molecule has 0 spiro atoms. The topological polar surface area (TPSA) is 66.4 Å². The van der Waals surface area contributed by atoms with Crippen molar-refractivity contribution in [3.05, 3.63) is 70.0 Å². The molecule has 7 heteroatoms. The van der Waals surface area contributed by atoms with Crippen molar-refractivity contribution in [1.29, 1.82) is 0 Å². The van der Waals surface area contributed by atoms with Crippen LogP contribution in [0.4, 0.5) is 0 Å². The van der Waals surface area contributed by atoms with Crippen molar-refractivity contribution in [2.24, 2.45) is 0 Å². The lowest BCUT2D eigenvalue weighted by Gasteiger charge is -2.22. The Kier molecular flexibility index (Phi) is 5.68. The third-order valence-electron chi connectivity index (χ3n) is 5.50. The van der Waals surface area contributed by atoms with Gasteiger partial charge in [0, 0.05) is 31.7 Å². The van der Waals surface area contributed by atoms with Gasteiger partial charge in [0.25, 0.3) is 11.8 Å². The fraction of sp³-hybridized carbons (Fsp3) is 0.304. The molecule has 30 heavy (non-hydrogen) atoms. The van der Waals surface area contributed by atoms with Gasteiger partial charge in [0.1, 0.15) is 0 Å². The number of aryl methyl sites for hydroxylation is 2. The molecule has 0 atom stereocenters. The Morgan fingerprint density at radius 1 is 0.833 bits per heavy atom. The molecular formula is C23H23ClN4O2. The summed E-state index contributed by atoms with van der Waals surface area (Å²) in [6, 6.07) is 12.5. The summed E-state index contributed by atoms with van der Waals surface area (Å²) < 4.78 is 0. The van der Waals surface area contributed by atoms with E-state index in [1.807, 2.05) is 19.9 Å². The van der Waals surface area contributed by atoms with Crippen molar-refractivity contribution >= 4 is 34.4 Å². The molecule has 0 aliphatic carbocycles. The molecule has 2 aromatic carbocycles. The normalized spacial score (nSPS) is 14.6. The molecule has 154 valence electrons. The van der Waals surface area contributed by atoms with Crippen LogP contribution in [0.2, 0.25) is 5.02 Å². The van der Waals surface area contributed by atoms with Crippen LogP contribution in [0.3, 0.4) is 0 Å². The van der Waals surface area contributed by atoms with Gasteiger partial charge in [0.2, 0.25) is 0 Å². The Balaban J connectivity index is 1.50. The average molecular weight is 423 g/mol. The maximum Gasteiger partial charge on any atom is 0.255 e. The highest BCUT2D eigenvalue weighted by atomic mass is 35.5. The van der Waals surface area contributed by atoms with Crippen LogP contribution in [0.5, 0.6) is 0 Å². The number of rotatable bonds is 2. The van der Waals surface area contributed by atoms with Crippen molar-refractivity contribution in [3.8, 4) is 0 Å². The van der Waals surface area contributed by atoms with E-state index in [1.54, 1.807) is 46.2 Å². The Hall–Kier alpha value is -2.99. The molecule has 2 heterocycles. The van der Waals surface area contributed by atoms with Gasteiger partial charge in [-0.05, 0) is 50.6 Å². The van der Waals surface area contributed by atoms with E-state index in [1.165, 1.54) is 0 Å². The fourth-order valence-corrected chi connectivity index (χ4v) is 3.89. The number of benzene rings is 2. The lowest BCUT2D eigenvalue weighted by Crippen LogP contribution is -2.37. The van der Waals surface area contributed by atoms with Crippen LogP contribution in [0.15, 0.2) is 42.5 Å². The van der Waals surface area contributed by atoms with Crippen molar-refractivity contribution in [2.75, 3.05) is 26.2 Å². The molecular weight excluding hydrogens is 400 g/mol. The Morgan fingerprint density at radius 3 is 2.17 bits per heavy atom. The van der Waals surface area contributed by atoms with E-state index in [0.29, 0.717) is 54.3 Å². The van der Waals surface area contributed by atoms with Crippen LogP contribution in [0, 0.1) is 13.8 Å². The number of aromatic nitrogens is 2. The number of amides is 2. The number of hydrogen-bond donors (Lipinski definition) is 0. The minimum absolute atomic E-state index is 0.0519. The second-order valence-corrected chi connectivity index (χ2v) is 7.92. The van der Waals surface area contributed by atoms with Crippen molar-refractivity contribution < 1.29 is 9.59 Å². The van der Waals surface area contributed by atoms with Gasteiger partial charge in [-0.15, -0.1) is 0 Å². The van der Waals surface area contributed by atoms with Gasteiger partial charge in [-0.3, -0.25) is 9.59 Å². The first kappa shape index (κ1) is 20.3. The summed E-state index contributed by atoms with van der Waals surface area (Å²) in [6.45, 7) is 5.98. The molecule has 1 fully saturated rings. The standard InChI is InChI=1S/C23H23ClN4O2/c1-15-16(2)26-21-14-17(8-9-20(21)25-15)22(29)27-10-5-11-28(13-12-27)23(30)18-6-3-4-7-19(18)24/h3-4,6-9,14H,5,10-13H2,1-2H3. The third kappa shape index (κ3) is 4.00. The lowest BCUT2D eigenvalue weighted by atomic mass is 10.1.